The Kier molecular flexibility index (Phi) is 5.96. The summed E-state index contributed by atoms with van der Waals surface area (Å²) in [6.07, 6.45) is -2.08. The van der Waals surface area contributed by atoms with Crippen LogP contribution >= 0.6 is 0 Å². The van der Waals surface area contributed by atoms with E-state index in [0.717, 1.165) is 5.56 Å². The minimum Gasteiger partial charge on any atom is -0.393 e. The third kappa shape index (κ3) is 5.78. The summed E-state index contributed by atoms with van der Waals surface area (Å²) in [4.78, 5) is 0. The van der Waals surface area contributed by atoms with Crippen LogP contribution in [-0.2, 0) is 11.2 Å². The molecule has 1 atom stereocenters. The number of rotatable bonds is 7. The second-order valence-electron chi connectivity index (χ2n) is 3.60. The van der Waals surface area contributed by atoms with Crippen molar-refractivity contribution in [2.24, 2.45) is 0 Å². The zero-order chi connectivity index (χ0) is 11.8. The van der Waals surface area contributed by atoms with E-state index in [0.29, 0.717) is 12.8 Å². The highest BCUT2D eigenvalue weighted by Crippen LogP contribution is 2.06. The summed E-state index contributed by atoms with van der Waals surface area (Å²) in [7, 11) is 0. The fourth-order valence-electron chi connectivity index (χ4n) is 1.38. The van der Waals surface area contributed by atoms with Crippen molar-refractivity contribution in [1.82, 2.24) is 0 Å². The van der Waals surface area contributed by atoms with Crippen LogP contribution in [0.15, 0.2) is 30.3 Å². The van der Waals surface area contributed by atoms with Crippen LogP contribution in [0.1, 0.15) is 12.0 Å². The zero-order valence-corrected chi connectivity index (χ0v) is 8.98. The average molecular weight is 230 g/mol. The third-order valence-corrected chi connectivity index (χ3v) is 2.15. The van der Waals surface area contributed by atoms with Crippen molar-refractivity contribution in [2.75, 3.05) is 13.2 Å². The highest BCUT2D eigenvalue weighted by atomic mass is 19.3. The van der Waals surface area contributed by atoms with Gasteiger partial charge in [-0.15, -0.1) is 0 Å². The average Bonchev–Trinajstić information content (AvgIpc) is 2.25. The number of aliphatic hydroxyl groups is 1. The molecule has 0 amide bonds. The fourth-order valence-corrected chi connectivity index (χ4v) is 1.38. The van der Waals surface area contributed by atoms with Crippen molar-refractivity contribution in [3.63, 3.8) is 0 Å². The van der Waals surface area contributed by atoms with Crippen LogP contribution < -0.4 is 0 Å². The molecule has 1 unspecified atom stereocenters. The van der Waals surface area contributed by atoms with Gasteiger partial charge in [-0.25, -0.2) is 8.78 Å². The standard InChI is InChI=1S/C12H16F2O2/c13-12(14)9-16-7-6-11(15)8-10-4-2-1-3-5-10/h1-5,11-12,15H,6-9H2. The number of aliphatic hydroxyl groups excluding tert-OH is 1. The summed E-state index contributed by atoms with van der Waals surface area (Å²) in [5.41, 5.74) is 1.03. The van der Waals surface area contributed by atoms with Gasteiger partial charge in [0.2, 0.25) is 0 Å². The maximum Gasteiger partial charge on any atom is 0.261 e. The van der Waals surface area contributed by atoms with E-state index in [9.17, 15) is 13.9 Å². The topological polar surface area (TPSA) is 29.5 Å². The van der Waals surface area contributed by atoms with Gasteiger partial charge < -0.3 is 9.84 Å². The van der Waals surface area contributed by atoms with E-state index < -0.39 is 19.1 Å². The molecule has 0 saturated carbocycles. The van der Waals surface area contributed by atoms with Crippen molar-refractivity contribution in [3.8, 4) is 0 Å². The minimum absolute atomic E-state index is 0.165. The normalized spacial score (nSPS) is 13.0. The molecule has 1 rings (SSSR count). The highest BCUT2D eigenvalue weighted by molar-refractivity contribution is 5.15. The van der Waals surface area contributed by atoms with Gasteiger partial charge in [0.25, 0.3) is 6.43 Å². The van der Waals surface area contributed by atoms with E-state index in [1.54, 1.807) is 0 Å². The fraction of sp³-hybridized carbons (Fsp3) is 0.500. The van der Waals surface area contributed by atoms with Crippen LogP contribution in [0.4, 0.5) is 8.78 Å². The van der Waals surface area contributed by atoms with Gasteiger partial charge in [-0.1, -0.05) is 30.3 Å². The SMILES string of the molecule is OC(CCOCC(F)F)Cc1ccccc1. The smallest absolute Gasteiger partial charge is 0.261 e. The van der Waals surface area contributed by atoms with Crippen LogP contribution in [0.25, 0.3) is 0 Å². The van der Waals surface area contributed by atoms with Gasteiger partial charge in [-0.2, -0.15) is 0 Å². The molecule has 0 saturated heterocycles. The first-order valence-electron chi connectivity index (χ1n) is 5.26. The van der Waals surface area contributed by atoms with E-state index in [1.165, 1.54) is 0 Å². The molecule has 1 aromatic carbocycles. The van der Waals surface area contributed by atoms with E-state index in [2.05, 4.69) is 0 Å². The first-order chi connectivity index (χ1) is 7.68. The molecule has 0 spiro atoms. The molecule has 1 N–H and O–H groups in total. The van der Waals surface area contributed by atoms with Crippen molar-refractivity contribution in [3.05, 3.63) is 35.9 Å². The molecule has 16 heavy (non-hydrogen) atoms. The minimum atomic E-state index is -2.44. The number of hydrogen-bond acceptors (Lipinski definition) is 2. The summed E-state index contributed by atoms with van der Waals surface area (Å²) in [6, 6.07) is 9.54. The summed E-state index contributed by atoms with van der Waals surface area (Å²) in [6.45, 7) is -0.392. The summed E-state index contributed by atoms with van der Waals surface area (Å²) < 4.78 is 28.1. The third-order valence-electron chi connectivity index (χ3n) is 2.15. The molecule has 0 fully saturated rings. The first-order valence-corrected chi connectivity index (χ1v) is 5.26. The van der Waals surface area contributed by atoms with Crippen LogP contribution in [-0.4, -0.2) is 30.8 Å². The predicted molar refractivity (Wildman–Crippen MR) is 57.6 cm³/mol. The Bertz CT molecular complexity index is 278. The van der Waals surface area contributed by atoms with Crippen LogP contribution in [0, 0.1) is 0 Å². The van der Waals surface area contributed by atoms with Crippen molar-refractivity contribution in [1.29, 1.82) is 0 Å². The van der Waals surface area contributed by atoms with E-state index in [4.69, 9.17) is 4.74 Å². The van der Waals surface area contributed by atoms with Crippen LogP contribution in [0.2, 0.25) is 0 Å². The van der Waals surface area contributed by atoms with Crippen molar-refractivity contribution in [2.45, 2.75) is 25.4 Å². The van der Waals surface area contributed by atoms with Gasteiger partial charge in [0.05, 0.1) is 6.10 Å². The Morgan fingerprint density at radius 3 is 2.50 bits per heavy atom. The van der Waals surface area contributed by atoms with Crippen LogP contribution in [0.5, 0.6) is 0 Å². The molecule has 0 aromatic heterocycles. The highest BCUT2D eigenvalue weighted by Gasteiger charge is 2.07. The Morgan fingerprint density at radius 1 is 1.19 bits per heavy atom. The van der Waals surface area contributed by atoms with E-state index >= 15 is 0 Å². The van der Waals surface area contributed by atoms with Gasteiger partial charge >= 0.3 is 0 Å². The molecular formula is C12H16F2O2. The molecule has 90 valence electrons. The molecule has 0 aliphatic rings. The second kappa shape index (κ2) is 7.30. The quantitative estimate of drug-likeness (QED) is 0.728. The Balaban J connectivity index is 2.14. The number of hydrogen-bond donors (Lipinski definition) is 1. The number of benzene rings is 1. The molecule has 4 heteroatoms. The maximum absolute atomic E-state index is 11.7. The Morgan fingerprint density at radius 2 is 1.88 bits per heavy atom. The second-order valence-corrected chi connectivity index (χ2v) is 3.60. The van der Waals surface area contributed by atoms with Gasteiger partial charge in [0.15, 0.2) is 0 Å². The number of halogens is 2. The number of ether oxygens (including phenoxy) is 1. The zero-order valence-electron chi connectivity index (χ0n) is 8.98. The van der Waals surface area contributed by atoms with E-state index in [-0.39, 0.29) is 6.61 Å². The van der Waals surface area contributed by atoms with Gasteiger partial charge in [0.1, 0.15) is 6.61 Å². The maximum atomic E-state index is 11.7. The van der Waals surface area contributed by atoms with Gasteiger partial charge in [-0.3, -0.25) is 0 Å². The monoisotopic (exact) mass is 230 g/mol. The first kappa shape index (κ1) is 13.1. The summed E-state index contributed by atoms with van der Waals surface area (Å²) >= 11 is 0. The number of alkyl halides is 2. The van der Waals surface area contributed by atoms with Crippen LogP contribution in [0.3, 0.4) is 0 Å². The molecule has 1 aromatic rings. The molecule has 2 nitrogen and oxygen atoms in total. The molecule has 0 heterocycles. The van der Waals surface area contributed by atoms with Crippen molar-refractivity contribution >= 4 is 0 Å². The lowest BCUT2D eigenvalue weighted by atomic mass is 10.1. The molecular weight excluding hydrogens is 214 g/mol. The van der Waals surface area contributed by atoms with Gasteiger partial charge in [-0.05, 0) is 18.4 Å². The van der Waals surface area contributed by atoms with E-state index in [1.807, 2.05) is 30.3 Å². The Hall–Kier alpha value is -1.00. The van der Waals surface area contributed by atoms with Crippen molar-refractivity contribution < 1.29 is 18.6 Å². The lowest BCUT2D eigenvalue weighted by molar-refractivity contribution is 0.00512. The lowest BCUT2D eigenvalue weighted by Gasteiger charge is -2.10. The lowest BCUT2D eigenvalue weighted by Crippen LogP contribution is -2.15. The molecule has 0 radical (unpaired) electrons. The Labute approximate surface area is 93.9 Å². The predicted octanol–water partition coefficient (Wildman–Crippen LogP) is 2.26. The van der Waals surface area contributed by atoms with Gasteiger partial charge in [0, 0.05) is 6.61 Å². The summed E-state index contributed by atoms with van der Waals surface area (Å²) in [5, 5.41) is 9.60. The molecule has 0 bridgehead atoms. The molecule has 0 aliphatic heterocycles. The molecule has 0 aliphatic carbocycles. The summed E-state index contributed by atoms with van der Waals surface area (Å²) in [5.74, 6) is 0. The largest absolute Gasteiger partial charge is 0.393 e.